The number of aromatic nitrogens is 1. The van der Waals surface area contributed by atoms with Crippen molar-refractivity contribution in [3.8, 4) is 0 Å². The molecule has 96 valence electrons. The van der Waals surface area contributed by atoms with Crippen molar-refractivity contribution in [3.63, 3.8) is 0 Å². The number of nitrogens with one attached hydrogen (secondary N) is 1. The highest BCUT2D eigenvalue weighted by atomic mass is 16.5. The van der Waals surface area contributed by atoms with E-state index in [1.165, 1.54) is 6.39 Å². The maximum Gasteiger partial charge on any atom is 0.251 e. The van der Waals surface area contributed by atoms with Crippen molar-refractivity contribution in [2.75, 3.05) is 26.4 Å². The first kappa shape index (κ1) is 12.5. The van der Waals surface area contributed by atoms with E-state index in [2.05, 4.69) is 10.3 Å². The number of aliphatic hydroxyl groups is 1. The second kappa shape index (κ2) is 6.13. The smallest absolute Gasteiger partial charge is 0.251 e. The van der Waals surface area contributed by atoms with Crippen LogP contribution in [0.15, 0.2) is 29.0 Å². The first-order valence-electron chi connectivity index (χ1n) is 5.61. The fourth-order valence-electron chi connectivity index (χ4n) is 1.50. The molecule has 2 aromatic rings. The molecule has 0 spiro atoms. The molecular formula is C12H14N2O4. The highest BCUT2D eigenvalue weighted by Gasteiger charge is 2.07. The zero-order valence-corrected chi connectivity index (χ0v) is 9.76. The van der Waals surface area contributed by atoms with Gasteiger partial charge in [-0.05, 0) is 18.2 Å². The van der Waals surface area contributed by atoms with Crippen LogP contribution in [0, 0.1) is 0 Å². The van der Waals surface area contributed by atoms with Gasteiger partial charge in [-0.3, -0.25) is 4.79 Å². The number of hydrogen-bond acceptors (Lipinski definition) is 5. The summed E-state index contributed by atoms with van der Waals surface area (Å²) in [4.78, 5) is 15.8. The monoisotopic (exact) mass is 250 g/mol. The summed E-state index contributed by atoms with van der Waals surface area (Å²) in [7, 11) is 0. The van der Waals surface area contributed by atoms with Gasteiger partial charge in [-0.2, -0.15) is 0 Å². The summed E-state index contributed by atoms with van der Waals surface area (Å²) in [5, 5.41) is 11.2. The molecule has 6 heteroatoms. The lowest BCUT2D eigenvalue weighted by atomic mass is 10.2. The minimum Gasteiger partial charge on any atom is -0.443 e. The van der Waals surface area contributed by atoms with Crippen LogP contribution in [0.5, 0.6) is 0 Å². The molecule has 0 radical (unpaired) electrons. The molecule has 6 nitrogen and oxygen atoms in total. The molecule has 0 fully saturated rings. The van der Waals surface area contributed by atoms with Crippen molar-refractivity contribution in [2.45, 2.75) is 0 Å². The first-order chi connectivity index (χ1) is 8.81. The molecule has 0 atom stereocenters. The van der Waals surface area contributed by atoms with Crippen LogP contribution in [0.3, 0.4) is 0 Å². The van der Waals surface area contributed by atoms with Gasteiger partial charge in [0.25, 0.3) is 5.91 Å². The minimum absolute atomic E-state index is 0.0171. The summed E-state index contributed by atoms with van der Waals surface area (Å²) in [6.07, 6.45) is 1.34. The number of aliphatic hydroxyl groups excluding tert-OH is 1. The Morgan fingerprint density at radius 2 is 2.33 bits per heavy atom. The molecule has 1 heterocycles. The molecule has 1 amide bonds. The molecule has 0 aliphatic heterocycles. The van der Waals surface area contributed by atoms with Gasteiger partial charge in [0.2, 0.25) is 0 Å². The number of hydrogen-bond donors (Lipinski definition) is 2. The summed E-state index contributed by atoms with van der Waals surface area (Å²) in [6.45, 7) is 1.03. The van der Waals surface area contributed by atoms with Crippen LogP contribution in [0.25, 0.3) is 11.1 Å². The molecule has 1 aromatic heterocycles. The second-order valence-corrected chi connectivity index (χ2v) is 3.63. The van der Waals surface area contributed by atoms with E-state index >= 15 is 0 Å². The Hall–Kier alpha value is -1.92. The van der Waals surface area contributed by atoms with Crippen LogP contribution in [-0.2, 0) is 4.74 Å². The summed E-state index contributed by atoms with van der Waals surface area (Å²) < 4.78 is 10.1. The number of benzene rings is 1. The number of ether oxygens (including phenoxy) is 1. The number of nitrogens with zero attached hydrogens (tertiary/aromatic N) is 1. The molecule has 0 bridgehead atoms. The second-order valence-electron chi connectivity index (χ2n) is 3.63. The molecule has 0 aliphatic carbocycles. The van der Waals surface area contributed by atoms with Crippen LogP contribution < -0.4 is 5.32 Å². The van der Waals surface area contributed by atoms with Crippen LogP contribution in [0.2, 0.25) is 0 Å². The van der Waals surface area contributed by atoms with Gasteiger partial charge in [-0.25, -0.2) is 4.98 Å². The van der Waals surface area contributed by atoms with E-state index in [-0.39, 0.29) is 19.1 Å². The highest BCUT2D eigenvalue weighted by molar-refractivity contribution is 5.96. The van der Waals surface area contributed by atoms with E-state index in [0.29, 0.717) is 29.8 Å². The molecular weight excluding hydrogens is 236 g/mol. The van der Waals surface area contributed by atoms with Crippen molar-refractivity contribution in [1.29, 1.82) is 0 Å². The van der Waals surface area contributed by atoms with Crippen LogP contribution >= 0.6 is 0 Å². The van der Waals surface area contributed by atoms with Crippen molar-refractivity contribution in [3.05, 3.63) is 30.2 Å². The van der Waals surface area contributed by atoms with Gasteiger partial charge >= 0.3 is 0 Å². The number of carbonyl (C=O) groups excluding carboxylic acids is 1. The maximum atomic E-state index is 11.8. The fourth-order valence-corrected chi connectivity index (χ4v) is 1.50. The van der Waals surface area contributed by atoms with Crippen LogP contribution in [0.1, 0.15) is 10.4 Å². The molecule has 2 rings (SSSR count). The average Bonchev–Trinajstić information content (AvgIpc) is 2.85. The molecule has 2 N–H and O–H groups in total. The lowest BCUT2D eigenvalue weighted by Gasteiger charge is -2.05. The van der Waals surface area contributed by atoms with E-state index in [4.69, 9.17) is 14.3 Å². The molecule has 0 saturated heterocycles. The Balaban J connectivity index is 1.88. The van der Waals surface area contributed by atoms with E-state index in [1.54, 1.807) is 18.2 Å². The van der Waals surface area contributed by atoms with Gasteiger partial charge in [0.15, 0.2) is 12.0 Å². The number of amides is 1. The van der Waals surface area contributed by atoms with Crippen molar-refractivity contribution in [1.82, 2.24) is 10.3 Å². The zero-order chi connectivity index (χ0) is 12.8. The number of carbonyl (C=O) groups is 1. The minimum atomic E-state index is -0.188. The zero-order valence-electron chi connectivity index (χ0n) is 9.76. The molecule has 1 aromatic carbocycles. The normalized spacial score (nSPS) is 10.7. The van der Waals surface area contributed by atoms with Gasteiger partial charge in [0.1, 0.15) is 5.52 Å². The first-order valence-corrected chi connectivity index (χ1v) is 5.61. The van der Waals surface area contributed by atoms with Crippen LogP contribution in [0.4, 0.5) is 0 Å². The number of fused-ring (bicyclic) bond motifs is 1. The van der Waals surface area contributed by atoms with Crippen molar-refractivity contribution < 1.29 is 19.1 Å². The van der Waals surface area contributed by atoms with E-state index in [9.17, 15) is 4.79 Å². The van der Waals surface area contributed by atoms with Gasteiger partial charge in [0, 0.05) is 12.1 Å². The SMILES string of the molecule is O=C(NCCOCCO)c1ccc2ocnc2c1. The quantitative estimate of drug-likeness (QED) is 0.732. The third-order valence-corrected chi connectivity index (χ3v) is 2.36. The summed E-state index contributed by atoms with van der Waals surface area (Å²) in [5.41, 5.74) is 1.83. The standard InChI is InChI=1S/C12H14N2O4/c15-4-6-17-5-3-13-12(16)9-1-2-11-10(7-9)14-8-18-11/h1-2,7-8,15H,3-6H2,(H,13,16). The number of oxazole rings is 1. The van der Waals surface area contributed by atoms with Gasteiger partial charge < -0.3 is 19.6 Å². The lowest BCUT2D eigenvalue weighted by Crippen LogP contribution is -2.27. The van der Waals surface area contributed by atoms with Gasteiger partial charge in [0.05, 0.1) is 19.8 Å². The third-order valence-electron chi connectivity index (χ3n) is 2.36. The average molecular weight is 250 g/mol. The Labute approximate surface area is 104 Å². The largest absolute Gasteiger partial charge is 0.443 e. The fraction of sp³-hybridized carbons (Fsp3) is 0.333. The topological polar surface area (TPSA) is 84.6 Å². The molecule has 18 heavy (non-hydrogen) atoms. The van der Waals surface area contributed by atoms with E-state index in [0.717, 1.165) is 0 Å². The Bertz CT molecular complexity index is 524. The van der Waals surface area contributed by atoms with Crippen molar-refractivity contribution >= 4 is 17.0 Å². The molecule has 0 unspecified atom stereocenters. The number of rotatable bonds is 6. The predicted octanol–water partition coefficient (Wildman–Crippen LogP) is 0.567. The lowest BCUT2D eigenvalue weighted by molar-refractivity contribution is 0.0838. The Morgan fingerprint density at radius 3 is 3.17 bits per heavy atom. The van der Waals surface area contributed by atoms with Gasteiger partial charge in [-0.15, -0.1) is 0 Å². The Morgan fingerprint density at radius 1 is 1.44 bits per heavy atom. The van der Waals surface area contributed by atoms with E-state index < -0.39 is 0 Å². The third kappa shape index (κ3) is 3.06. The summed E-state index contributed by atoms with van der Waals surface area (Å²) >= 11 is 0. The van der Waals surface area contributed by atoms with E-state index in [1.807, 2.05) is 0 Å². The molecule has 0 aliphatic rings. The van der Waals surface area contributed by atoms with Gasteiger partial charge in [-0.1, -0.05) is 0 Å². The predicted molar refractivity (Wildman–Crippen MR) is 64.2 cm³/mol. The van der Waals surface area contributed by atoms with Crippen LogP contribution in [-0.4, -0.2) is 42.4 Å². The summed E-state index contributed by atoms with van der Waals surface area (Å²) in [6, 6.07) is 5.06. The summed E-state index contributed by atoms with van der Waals surface area (Å²) in [5.74, 6) is -0.188. The van der Waals surface area contributed by atoms with Crippen molar-refractivity contribution in [2.24, 2.45) is 0 Å². The molecule has 0 saturated carbocycles. The highest BCUT2D eigenvalue weighted by Crippen LogP contribution is 2.13. The maximum absolute atomic E-state index is 11.8. The Kier molecular flexibility index (Phi) is 4.27.